The van der Waals surface area contributed by atoms with E-state index >= 15 is 0 Å². The topological polar surface area (TPSA) is 66.9 Å². The molecule has 0 bridgehead atoms. The van der Waals surface area contributed by atoms with Crippen LogP contribution in [0.15, 0.2) is 46.0 Å². The second-order valence-corrected chi connectivity index (χ2v) is 8.87. The van der Waals surface area contributed by atoms with Gasteiger partial charge in [-0.2, -0.15) is 4.31 Å². The van der Waals surface area contributed by atoms with Crippen LogP contribution in [0.25, 0.3) is 0 Å². The molecule has 0 radical (unpaired) electrons. The third-order valence-electron chi connectivity index (χ3n) is 4.10. The quantitative estimate of drug-likeness (QED) is 0.796. The Hall–Kier alpha value is -1.74. The van der Waals surface area contributed by atoms with E-state index in [0.29, 0.717) is 42.6 Å². The van der Waals surface area contributed by atoms with Crippen LogP contribution in [0.2, 0.25) is 0 Å². The number of rotatable bonds is 5. The predicted molar refractivity (Wildman–Crippen MR) is 96.1 cm³/mol. The van der Waals surface area contributed by atoms with E-state index in [1.807, 2.05) is 18.2 Å². The molecular weight excluding hydrogens is 360 g/mol. The van der Waals surface area contributed by atoms with Crippen molar-refractivity contribution in [2.75, 3.05) is 33.3 Å². The summed E-state index contributed by atoms with van der Waals surface area (Å²) < 4.78 is 32.0. The lowest BCUT2D eigenvalue weighted by atomic mass is 10.1. The van der Waals surface area contributed by atoms with Gasteiger partial charge < -0.3 is 9.64 Å². The third-order valence-corrected chi connectivity index (χ3v) is 7.37. The van der Waals surface area contributed by atoms with Crippen molar-refractivity contribution in [3.05, 3.63) is 52.9 Å². The van der Waals surface area contributed by atoms with Crippen LogP contribution >= 0.6 is 11.3 Å². The maximum Gasteiger partial charge on any atom is 0.253 e. The number of benzene rings is 1. The van der Waals surface area contributed by atoms with Crippen LogP contribution in [-0.4, -0.2) is 56.8 Å². The summed E-state index contributed by atoms with van der Waals surface area (Å²) in [6, 6.07) is 10.7. The third kappa shape index (κ3) is 3.92. The van der Waals surface area contributed by atoms with E-state index in [2.05, 4.69) is 0 Å². The van der Waals surface area contributed by atoms with Gasteiger partial charge in [-0.1, -0.05) is 18.2 Å². The Balaban J connectivity index is 1.66. The van der Waals surface area contributed by atoms with Gasteiger partial charge in [0, 0.05) is 38.9 Å². The van der Waals surface area contributed by atoms with Crippen molar-refractivity contribution in [3.63, 3.8) is 0 Å². The molecule has 3 rings (SSSR count). The van der Waals surface area contributed by atoms with E-state index < -0.39 is 10.0 Å². The second-order valence-electron chi connectivity index (χ2n) is 5.76. The minimum atomic E-state index is -3.45. The number of sulfonamides is 1. The maximum absolute atomic E-state index is 12.7. The minimum absolute atomic E-state index is 0.0777. The molecule has 0 unspecified atom stereocenters. The van der Waals surface area contributed by atoms with Crippen molar-refractivity contribution in [1.29, 1.82) is 0 Å². The molecular formula is C17H20N2O4S2. The molecule has 2 aromatic rings. The lowest BCUT2D eigenvalue weighted by Crippen LogP contribution is -2.50. The van der Waals surface area contributed by atoms with Gasteiger partial charge >= 0.3 is 0 Å². The molecule has 8 heteroatoms. The summed E-state index contributed by atoms with van der Waals surface area (Å²) in [4.78, 5) is 14.4. The number of nitrogens with zero attached hydrogens (tertiary/aromatic N) is 2. The molecule has 0 saturated carbocycles. The summed E-state index contributed by atoms with van der Waals surface area (Å²) in [5, 5.41) is 1.75. The molecule has 1 amide bonds. The first-order valence-corrected chi connectivity index (χ1v) is 10.2. The Labute approximate surface area is 151 Å². The molecule has 1 aliphatic rings. The monoisotopic (exact) mass is 380 g/mol. The van der Waals surface area contributed by atoms with Crippen LogP contribution in [0.5, 0.6) is 0 Å². The van der Waals surface area contributed by atoms with Crippen LogP contribution in [0, 0.1) is 0 Å². The first-order valence-electron chi connectivity index (χ1n) is 7.93. The van der Waals surface area contributed by atoms with Gasteiger partial charge in [0.15, 0.2) is 0 Å². The van der Waals surface area contributed by atoms with Crippen LogP contribution in [0.1, 0.15) is 15.9 Å². The molecule has 1 aromatic carbocycles. The highest BCUT2D eigenvalue weighted by Crippen LogP contribution is 2.22. The number of carbonyl (C=O) groups excluding carboxylic acids is 1. The Morgan fingerprint density at radius 1 is 1.16 bits per heavy atom. The van der Waals surface area contributed by atoms with E-state index in [1.165, 1.54) is 15.6 Å². The zero-order valence-electron chi connectivity index (χ0n) is 13.9. The fourth-order valence-electron chi connectivity index (χ4n) is 2.81. The minimum Gasteiger partial charge on any atom is -0.380 e. The largest absolute Gasteiger partial charge is 0.380 e. The number of hydrogen-bond acceptors (Lipinski definition) is 5. The normalized spacial score (nSPS) is 16.1. The lowest BCUT2D eigenvalue weighted by Gasteiger charge is -2.33. The number of carbonyl (C=O) groups is 1. The fraction of sp³-hybridized carbons (Fsp3) is 0.353. The zero-order valence-corrected chi connectivity index (χ0v) is 15.6. The number of amides is 1. The number of hydrogen-bond donors (Lipinski definition) is 0. The van der Waals surface area contributed by atoms with Gasteiger partial charge in [-0.3, -0.25) is 4.79 Å². The van der Waals surface area contributed by atoms with Crippen molar-refractivity contribution in [3.8, 4) is 0 Å². The number of ether oxygens (including phenoxy) is 1. The van der Waals surface area contributed by atoms with Crippen molar-refractivity contribution in [2.24, 2.45) is 0 Å². The zero-order chi connectivity index (χ0) is 17.9. The predicted octanol–water partition coefficient (Wildman–Crippen LogP) is 2.04. The molecule has 1 aliphatic heterocycles. The molecule has 0 atom stereocenters. The molecule has 1 saturated heterocycles. The van der Waals surface area contributed by atoms with Gasteiger partial charge in [0.25, 0.3) is 15.9 Å². The summed E-state index contributed by atoms with van der Waals surface area (Å²) >= 11 is 1.21. The molecule has 1 aromatic heterocycles. The van der Waals surface area contributed by atoms with Gasteiger partial charge in [-0.25, -0.2) is 8.42 Å². The molecule has 134 valence electrons. The van der Waals surface area contributed by atoms with Crippen LogP contribution in [0.3, 0.4) is 0 Å². The Kier molecular flexibility index (Phi) is 5.53. The summed E-state index contributed by atoms with van der Waals surface area (Å²) in [6.45, 7) is 1.84. The molecule has 0 aliphatic carbocycles. The molecule has 1 fully saturated rings. The van der Waals surface area contributed by atoms with E-state index in [0.717, 1.165) is 5.56 Å². The van der Waals surface area contributed by atoms with E-state index in [9.17, 15) is 13.2 Å². The second kappa shape index (κ2) is 7.65. The standard InChI is InChI=1S/C17H20N2O4S2/c1-23-13-14-4-2-5-15(12-14)17(20)18-7-9-19(10-8-18)25(21,22)16-6-3-11-24-16/h2-6,11-12H,7-10,13H2,1H3. The Morgan fingerprint density at radius 3 is 2.56 bits per heavy atom. The summed E-state index contributed by atoms with van der Waals surface area (Å²) in [5.41, 5.74) is 1.54. The summed E-state index contributed by atoms with van der Waals surface area (Å²) in [5.74, 6) is -0.0777. The molecule has 6 nitrogen and oxygen atoms in total. The number of piperazine rings is 1. The fourth-order valence-corrected chi connectivity index (χ4v) is 5.38. The van der Waals surface area contributed by atoms with Gasteiger partial charge in [-0.15, -0.1) is 11.3 Å². The first-order chi connectivity index (χ1) is 12.0. The van der Waals surface area contributed by atoms with Crippen molar-refractivity contribution >= 4 is 27.3 Å². The Bertz CT molecular complexity index is 826. The van der Waals surface area contributed by atoms with Crippen molar-refractivity contribution < 1.29 is 17.9 Å². The van der Waals surface area contributed by atoms with Crippen LogP contribution in [-0.2, 0) is 21.4 Å². The molecule has 0 spiro atoms. The molecule has 25 heavy (non-hydrogen) atoms. The van der Waals surface area contributed by atoms with Gasteiger partial charge in [0.1, 0.15) is 4.21 Å². The van der Waals surface area contributed by atoms with E-state index in [-0.39, 0.29) is 5.91 Å². The Morgan fingerprint density at radius 2 is 1.92 bits per heavy atom. The smallest absolute Gasteiger partial charge is 0.253 e. The van der Waals surface area contributed by atoms with Crippen LogP contribution in [0.4, 0.5) is 0 Å². The number of methoxy groups -OCH3 is 1. The van der Waals surface area contributed by atoms with E-state index in [4.69, 9.17) is 4.74 Å². The highest BCUT2D eigenvalue weighted by Gasteiger charge is 2.30. The van der Waals surface area contributed by atoms with Gasteiger partial charge in [0.05, 0.1) is 6.61 Å². The first kappa shape index (κ1) is 18.1. The van der Waals surface area contributed by atoms with Crippen molar-refractivity contribution in [2.45, 2.75) is 10.8 Å². The summed E-state index contributed by atoms with van der Waals surface area (Å²) in [6.07, 6.45) is 0. The highest BCUT2D eigenvalue weighted by molar-refractivity contribution is 7.91. The van der Waals surface area contributed by atoms with Gasteiger partial charge in [0.2, 0.25) is 0 Å². The average Bonchev–Trinajstić information content (AvgIpc) is 3.17. The van der Waals surface area contributed by atoms with Gasteiger partial charge in [-0.05, 0) is 29.1 Å². The molecule has 2 heterocycles. The van der Waals surface area contributed by atoms with Crippen LogP contribution < -0.4 is 0 Å². The lowest BCUT2D eigenvalue weighted by molar-refractivity contribution is 0.0697. The maximum atomic E-state index is 12.7. The van der Waals surface area contributed by atoms with Crippen molar-refractivity contribution in [1.82, 2.24) is 9.21 Å². The SMILES string of the molecule is COCc1cccc(C(=O)N2CCN(S(=O)(=O)c3cccs3)CC2)c1. The highest BCUT2D eigenvalue weighted by atomic mass is 32.2. The average molecular weight is 380 g/mol. The molecule has 0 N–H and O–H groups in total. The number of thiophene rings is 1. The summed E-state index contributed by atoms with van der Waals surface area (Å²) in [7, 11) is -1.84. The van der Waals surface area contributed by atoms with E-state index in [1.54, 1.807) is 35.6 Å².